The van der Waals surface area contributed by atoms with Crippen molar-refractivity contribution in [3.8, 4) is 5.75 Å². The topological polar surface area (TPSA) is 26.3 Å². The van der Waals surface area contributed by atoms with Gasteiger partial charge in [0.15, 0.2) is 0 Å². The predicted molar refractivity (Wildman–Crippen MR) is 37.7 cm³/mol. The molecule has 0 fully saturated rings. The monoisotopic (exact) mass is 173 g/mol. The van der Waals surface area contributed by atoms with Crippen molar-refractivity contribution in [3.63, 3.8) is 0 Å². The average molecular weight is 174 g/mol. The molecule has 1 rings (SSSR count). The van der Waals surface area contributed by atoms with Gasteiger partial charge in [-0.2, -0.15) is 0 Å². The van der Waals surface area contributed by atoms with E-state index in [1.165, 1.54) is 18.6 Å². The van der Waals surface area contributed by atoms with Crippen LogP contribution < -0.4 is 4.74 Å². The molecule has 0 saturated carbocycles. The minimum absolute atomic E-state index is 0.0109. The lowest BCUT2D eigenvalue weighted by atomic mass is 10.3. The van der Waals surface area contributed by atoms with E-state index in [1.54, 1.807) is 0 Å². The van der Waals surface area contributed by atoms with E-state index in [0.717, 1.165) is 6.07 Å². The van der Waals surface area contributed by atoms with Crippen LogP contribution in [0.25, 0.3) is 0 Å². The van der Waals surface area contributed by atoms with Crippen LogP contribution in [-0.4, -0.2) is 6.47 Å². The number of hydrogen-bond donors (Lipinski definition) is 0. The van der Waals surface area contributed by atoms with Gasteiger partial charge in [-0.05, 0) is 12.1 Å². The predicted octanol–water partition coefficient (Wildman–Crippen LogP) is 1.93. The standard InChI is InChI=1S/C7H3ClFO2/c8-6-2-1-5(11-4-10)3-7(6)9/h1-3H. The molecule has 0 N–H and O–H groups in total. The Bertz CT molecular complexity index is 275. The fourth-order valence-electron chi connectivity index (χ4n) is 0.588. The third kappa shape index (κ3) is 1.91. The van der Waals surface area contributed by atoms with Gasteiger partial charge in [-0.15, -0.1) is 0 Å². The van der Waals surface area contributed by atoms with E-state index >= 15 is 0 Å². The van der Waals surface area contributed by atoms with Gasteiger partial charge < -0.3 is 4.74 Å². The lowest BCUT2D eigenvalue weighted by Crippen LogP contribution is -1.88. The average Bonchev–Trinajstić information content (AvgIpc) is 1.98. The van der Waals surface area contributed by atoms with Crippen LogP contribution in [0.3, 0.4) is 0 Å². The molecular weight excluding hydrogens is 171 g/mol. The zero-order valence-corrected chi connectivity index (χ0v) is 6.06. The molecular formula is C7H3ClFO2. The maximum Gasteiger partial charge on any atom is 0.423 e. The Morgan fingerprint density at radius 2 is 2.27 bits per heavy atom. The summed E-state index contributed by atoms with van der Waals surface area (Å²) in [5.74, 6) is -0.540. The van der Waals surface area contributed by atoms with Gasteiger partial charge in [0, 0.05) is 6.07 Å². The van der Waals surface area contributed by atoms with Gasteiger partial charge in [0.25, 0.3) is 0 Å². The number of rotatable bonds is 2. The minimum Gasteiger partial charge on any atom is -0.418 e. The van der Waals surface area contributed by atoms with Crippen molar-refractivity contribution < 1.29 is 13.9 Å². The van der Waals surface area contributed by atoms with Crippen LogP contribution in [0.1, 0.15) is 0 Å². The summed E-state index contributed by atoms with van der Waals surface area (Å²) in [6.07, 6.45) is 0. The van der Waals surface area contributed by atoms with Crippen molar-refractivity contribution in [2.75, 3.05) is 0 Å². The summed E-state index contributed by atoms with van der Waals surface area (Å²) in [6.45, 7) is 1.17. The molecule has 0 amide bonds. The Hall–Kier alpha value is -1.09. The normalized spacial score (nSPS) is 9.27. The molecule has 4 heteroatoms. The molecule has 0 heterocycles. The highest BCUT2D eigenvalue weighted by atomic mass is 35.5. The molecule has 11 heavy (non-hydrogen) atoms. The zero-order valence-electron chi connectivity index (χ0n) is 5.30. The van der Waals surface area contributed by atoms with E-state index in [9.17, 15) is 9.18 Å². The van der Waals surface area contributed by atoms with Crippen molar-refractivity contribution in [2.45, 2.75) is 0 Å². The lowest BCUT2D eigenvalue weighted by Gasteiger charge is -1.96. The van der Waals surface area contributed by atoms with Crippen LogP contribution in [0.2, 0.25) is 5.02 Å². The van der Waals surface area contributed by atoms with Gasteiger partial charge in [-0.3, -0.25) is 0 Å². The van der Waals surface area contributed by atoms with Crippen LogP contribution in [0.4, 0.5) is 4.39 Å². The minimum atomic E-state index is -0.626. The molecule has 0 saturated heterocycles. The molecule has 0 aliphatic carbocycles. The van der Waals surface area contributed by atoms with Crippen LogP contribution in [-0.2, 0) is 4.79 Å². The lowest BCUT2D eigenvalue weighted by molar-refractivity contribution is 0.440. The van der Waals surface area contributed by atoms with Crippen LogP contribution in [0.15, 0.2) is 18.2 Å². The maximum atomic E-state index is 12.6. The highest BCUT2D eigenvalue weighted by Gasteiger charge is 2.00. The molecule has 0 spiro atoms. The molecule has 0 aliphatic heterocycles. The second-order valence-corrected chi connectivity index (χ2v) is 2.17. The summed E-state index contributed by atoms with van der Waals surface area (Å²) in [6, 6.07) is 3.67. The van der Waals surface area contributed by atoms with Crippen LogP contribution in [0.5, 0.6) is 5.75 Å². The van der Waals surface area contributed by atoms with Gasteiger partial charge in [0.1, 0.15) is 11.6 Å². The Labute approximate surface area is 67.5 Å². The third-order valence-corrected chi connectivity index (χ3v) is 1.36. The summed E-state index contributed by atoms with van der Waals surface area (Å²) in [7, 11) is 0. The molecule has 0 atom stereocenters. The molecule has 57 valence electrons. The van der Waals surface area contributed by atoms with Crippen molar-refractivity contribution >= 4 is 18.1 Å². The van der Waals surface area contributed by atoms with E-state index in [-0.39, 0.29) is 10.8 Å². The van der Waals surface area contributed by atoms with E-state index in [0.29, 0.717) is 0 Å². The van der Waals surface area contributed by atoms with Gasteiger partial charge in [-0.1, -0.05) is 11.6 Å². The summed E-state index contributed by atoms with van der Waals surface area (Å²) < 4.78 is 16.8. The second-order valence-electron chi connectivity index (χ2n) is 1.76. The summed E-state index contributed by atoms with van der Waals surface area (Å²) >= 11 is 5.35. The smallest absolute Gasteiger partial charge is 0.418 e. The Morgan fingerprint density at radius 3 is 2.82 bits per heavy atom. The molecule has 1 aromatic carbocycles. The van der Waals surface area contributed by atoms with Crippen molar-refractivity contribution in [2.24, 2.45) is 0 Å². The number of carbonyl (C=O) groups excluding carboxylic acids is 1. The van der Waals surface area contributed by atoms with E-state index in [1.807, 2.05) is 0 Å². The van der Waals surface area contributed by atoms with Gasteiger partial charge in [0.2, 0.25) is 0 Å². The molecule has 2 nitrogen and oxygen atoms in total. The number of benzene rings is 1. The zero-order chi connectivity index (χ0) is 8.27. The first kappa shape index (κ1) is 8.01. The first-order chi connectivity index (χ1) is 5.24. The van der Waals surface area contributed by atoms with Gasteiger partial charge in [0.05, 0.1) is 5.02 Å². The highest BCUT2D eigenvalue weighted by Crippen LogP contribution is 2.19. The quantitative estimate of drug-likeness (QED) is 0.683. The van der Waals surface area contributed by atoms with Gasteiger partial charge in [-0.25, -0.2) is 9.18 Å². The fraction of sp³-hybridized carbons (Fsp3) is 0. The third-order valence-electron chi connectivity index (χ3n) is 1.05. The number of halogens is 2. The molecule has 1 radical (unpaired) electrons. The first-order valence-corrected chi connectivity index (χ1v) is 3.11. The first-order valence-electron chi connectivity index (χ1n) is 2.73. The van der Waals surface area contributed by atoms with E-state index < -0.39 is 5.82 Å². The number of ether oxygens (including phenoxy) is 1. The summed E-state index contributed by atoms with van der Waals surface area (Å²) in [5.41, 5.74) is 0. The van der Waals surface area contributed by atoms with E-state index in [2.05, 4.69) is 4.74 Å². The second kappa shape index (κ2) is 3.34. The fourth-order valence-corrected chi connectivity index (χ4v) is 0.706. The van der Waals surface area contributed by atoms with Crippen molar-refractivity contribution in [1.82, 2.24) is 0 Å². The van der Waals surface area contributed by atoms with Crippen molar-refractivity contribution in [3.05, 3.63) is 29.0 Å². The van der Waals surface area contributed by atoms with Crippen LogP contribution >= 0.6 is 11.6 Å². The number of hydrogen-bond acceptors (Lipinski definition) is 2. The molecule has 0 unspecified atom stereocenters. The summed E-state index contributed by atoms with van der Waals surface area (Å²) in [4.78, 5) is 9.67. The molecule has 0 aromatic heterocycles. The van der Waals surface area contributed by atoms with Crippen molar-refractivity contribution in [1.29, 1.82) is 0 Å². The highest BCUT2D eigenvalue weighted by molar-refractivity contribution is 6.30. The maximum absolute atomic E-state index is 12.6. The van der Waals surface area contributed by atoms with Crippen LogP contribution in [0, 0.1) is 5.82 Å². The molecule has 1 aromatic rings. The largest absolute Gasteiger partial charge is 0.423 e. The molecule has 0 bridgehead atoms. The molecule has 0 aliphatic rings. The SMILES string of the molecule is O=[C]Oc1ccc(Cl)c(F)c1. The Balaban J connectivity index is 2.95. The summed E-state index contributed by atoms with van der Waals surface area (Å²) in [5, 5.41) is -0.0109. The van der Waals surface area contributed by atoms with E-state index in [4.69, 9.17) is 11.6 Å². The Kier molecular flexibility index (Phi) is 2.44. The Morgan fingerprint density at radius 1 is 1.55 bits per heavy atom. The van der Waals surface area contributed by atoms with Gasteiger partial charge >= 0.3 is 6.47 Å².